The molecule has 0 aliphatic carbocycles. The van der Waals surface area contributed by atoms with Gasteiger partial charge in [0.05, 0.1) is 0 Å². The van der Waals surface area contributed by atoms with Gasteiger partial charge in [-0.3, -0.25) is 0 Å². The molecular formula is C6H14N2O2. The highest BCUT2D eigenvalue weighted by atomic mass is 16.5. The molecule has 0 amide bonds. The molecule has 1 atom stereocenters. The predicted octanol–water partition coefficient (Wildman–Crippen LogP) is -0.338. The van der Waals surface area contributed by atoms with Gasteiger partial charge in [-0.05, 0) is 13.3 Å². The summed E-state index contributed by atoms with van der Waals surface area (Å²) in [6.45, 7) is 1.87. The zero-order valence-electron chi connectivity index (χ0n) is 6.13. The molecule has 0 fully saturated rings. The molecule has 60 valence electrons. The largest absolute Gasteiger partial charge is 0.326 e. The number of hydrogen-bond acceptors (Lipinski definition) is 4. The van der Waals surface area contributed by atoms with E-state index in [1.165, 1.54) is 6.92 Å². The van der Waals surface area contributed by atoms with Crippen molar-refractivity contribution < 1.29 is 10.0 Å². The first-order valence-corrected chi connectivity index (χ1v) is 3.28. The van der Waals surface area contributed by atoms with Crippen LogP contribution in [0, 0.1) is 0 Å². The highest BCUT2D eigenvalue weighted by molar-refractivity contribution is 5.75. The Hall–Kier alpha value is -0.450. The van der Waals surface area contributed by atoms with Gasteiger partial charge in [-0.2, -0.15) is 0 Å². The lowest BCUT2D eigenvalue weighted by Gasteiger charge is -2.07. The maximum absolute atomic E-state index is 10.4. The number of rotatable bonds is 5. The van der Waals surface area contributed by atoms with Gasteiger partial charge in [0, 0.05) is 19.0 Å². The molecule has 4 N–H and O–H groups in total. The SMILES string of the molecule is CC(=O)CCC(N)CNO. The molecule has 4 nitrogen and oxygen atoms in total. The Kier molecular flexibility index (Phi) is 5.10. The van der Waals surface area contributed by atoms with Crippen molar-refractivity contribution in [2.45, 2.75) is 25.8 Å². The summed E-state index contributed by atoms with van der Waals surface area (Å²) < 4.78 is 0. The van der Waals surface area contributed by atoms with Crippen molar-refractivity contribution in [3.8, 4) is 0 Å². The molecule has 10 heavy (non-hydrogen) atoms. The van der Waals surface area contributed by atoms with E-state index in [1.54, 1.807) is 0 Å². The van der Waals surface area contributed by atoms with E-state index in [1.807, 2.05) is 5.48 Å². The third kappa shape index (κ3) is 5.68. The average molecular weight is 146 g/mol. The normalized spacial score (nSPS) is 13.1. The Morgan fingerprint density at radius 1 is 1.80 bits per heavy atom. The van der Waals surface area contributed by atoms with Crippen LogP contribution in [0.4, 0.5) is 0 Å². The second kappa shape index (κ2) is 5.34. The summed E-state index contributed by atoms with van der Waals surface area (Å²) in [5.74, 6) is 0.133. The zero-order valence-corrected chi connectivity index (χ0v) is 6.13. The maximum atomic E-state index is 10.4. The Balaban J connectivity index is 3.21. The number of ketones is 1. The Morgan fingerprint density at radius 3 is 2.80 bits per heavy atom. The molecule has 0 aliphatic rings. The lowest BCUT2D eigenvalue weighted by atomic mass is 10.1. The summed E-state index contributed by atoms with van der Waals surface area (Å²) in [6, 6.07) is -0.131. The summed E-state index contributed by atoms with van der Waals surface area (Å²) in [5.41, 5.74) is 7.41. The second-order valence-corrected chi connectivity index (χ2v) is 2.36. The number of nitrogens with one attached hydrogen (secondary N) is 1. The van der Waals surface area contributed by atoms with Crippen LogP contribution in [0.5, 0.6) is 0 Å². The third-order valence-corrected chi connectivity index (χ3v) is 1.22. The summed E-state index contributed by atoms with van der Waals surface area (Å²) in [5, 5.41) is 8.19. The monoisotopic (exact) mass is 146 g/mol. The van der Waals surface area contributed by atoms with Crippen LogP contribution in [0.3, 0.4) is 0 Å². The molecule has 0 aliphatic heterocycles. The molecule has 0 saturated heterocycles. The summed E-state index contributed by atoms with van der Waals surface area (Å²) in [7, 11) is 0. The zero-order chi connectivity index (χ0) is 7.98. The first-order valence-electron chi connectivity index (χ1n) is 3.28. The molecule has 1 unspecified atom stereocenters. The summed E-state index contributed by atoms with van der Waals surface area (Å²) in [6.07, 6.45) is 1.12. The van der Waals surface area contributed by atoms with Crippen molar-refractivity contribution in [2.24, 2.45) is 5.73 Å². The van der Waals surface area contributed by atoms with Gasteiger partial charge in [-0.25, -0.2) is 5.48 Å². The quantitative estimate of drug-likeness (QED) is 0.464. The van der Waals surface area contributed by atoms with Crippen LogP contribution in [0.2, 0.25) is 0 Å². The molecule has 0 aromatic heterocycles. The average Bonchev–Trinajstić information content (AvgIpc) is 1.85. The van der Waals surface area contributed by atoms with E-state index in [2.05, 4.69) is 0 Å². The molecule has 0 aromatic rings. The van der Waals surface area contributed by atoms with Gasteiger partial charge in [0.2, 0.25) is 0 Å². The maximum Gasteiger partial charge on any atom is 0.129 e. The van der Waals surface area contributed by atoms with E-state index >= 15 is 0 Å². The van der Waals surface area contributed by atoms with Crippen molar-refractivity contribution in [2.75, 3.05) is 6.54 Å². The van der Waals surface area contributed by atoms with E-state index < -0.39 is 0 Å². The van der Waals surface area contributed by atoms with Gasteiger partial charge in [-0.15, -0.1) is 0 Å². The fourth-order valence-electron chi connectivity index (χ4n) is 0.608. The minimum Gasteiger partial charge on any atom is -0.326 e. The number of Topliss-reactive ketones (excluding diaryl/α,β-unsaturated/α-hetero) is 1. The molecule has 0 radical (unpaired) electrons. The first kappa shape index (κ1) is 9.55. The number of carbonyl (C=O) groups is 1. The lowest BCUT2D eigenvalue weighted by molar-refractivity contribution is -0.117. The van der Waals surface area contributed by atoms with Crippen molar-refractivity contribution in [3.05, 3.63) is 0 Å². The summed E-state index contributed by atoms with van der Waals surface area (Å²) in [4.78, 5) is 10.4. The van der Waals surface area contributed by atoms with E-state index in [4.69, 9.17) is 10.9 Å². The van der Waals surface area contributed by atoms with Gasteiger partial charge in [0.1, 0.15) is 5.78 Å². The minimum atomic E-state index is -0.131. The molecule has 0 saturated carbocycles. The molecule has 0 heterocycles. The van der Waals surface area contributed by atoms with Gasteiger partial charge in [-0.1, -0.05) is 0 Å². The standard InChI is InChI=1S/C6H14N2O2/c1-5(9)2-3-6(7)4-8-10/h6,8,10H,2-4,7H2,1H3. The van der Waals surface area contributed by atoms with Crippen LogP contribution in [-0.2, 0) is 4.79 Å². The topological polar surface area (TPSA) is 75.4 Å². The first-order chi connectivity index (χ1) is 4.66. The lowest BCUT2D eigenvalue weighted by Crippen LogP contribution is -2.32. The van der Waals surface area contributed by atoms with Crippen LogP contribution in [-0.4, -0.2) is 23.6 Å². The van der Waals surface area contributed by atoms with Crippen molar-refractivity contribution in [3.63, 3.8) is 0 Å². The van der Waals surface area contributed by atoms with E-state index in [0.717, 1.165) is 0 Å². The van der Waals surface area contributed by atoms with E-state index in [-0.39, 0.29) is 11.8 Å². The smallest absolute Gasteiger partial charge is 0.129 e. The summed E-state index contributed by atoms with van der Waals surface area (Å²) >= 11 is 0. The number of hydrogen-bond donors (Lipinski definition) is 3. The van der Waals surface area contributed by atoms with Crippen molar-refractivity contribution in [1.82, 2.24) is 5.48 Å². The Labute approximate surface area is 60.4 Å². The van der Waals surface area contributed by atoms with Crippen LogP contribution in [0.1, 0.15) is 19.8 Å². The predicted molar refractivity (Wildman–Crippen MR) is 37.7 cm³/mol. The molecule has 0 spiro atoms. The molecule has 0 rings (SSSR count). The van der Waals surface area contributed by atoms with Gasteiger partial charge < -0.3 is 15.7 Å². The fourth-order valence-corrected chi connectivity index (χ4v) is 0.608. The van der Waals surface area contributed by atoms with E-state index in [0.29, 0.717) is 19.4 Å². The fraction of sp³-hybridized carbons (Fsp3) is 0.833. The van der Waals surface area contributed by atoms with Crippen molar-refractivity contribution in [1.29, 1.82) is 0 Å². The van der Waals surface area contributed by atoms with Gasteiger partial charge in [0.25, 0.3) is 0 Å². The number of nitrogens with two attached hydrogens (primary N) is 1. The third-order valence-electron chi connectivity index (χ3n) is 1.22. The number of hydroxylamine groups is 1. The van der Waals surface area contributed by atoms with Crippen LogP contribution in [0.15, 0.2) is 0 Å². The molecule has 0 aromatic carbocycles. The van der Waals surface area contributed by atoms with Gasteiger partial charge >= 0.3 is 0 Å². The number of carbonyl (C=O) groups excluding carboxylic acids is 1. The Morgan fingerprint density at radius 2 is 2.40 bits per heavy atom. The van der Waals surface area contributed by atoms with Crippen LogP contribution >= 0.6 is 0 Å². The Bertz CT molecular complexity index is 106. The minimum absolute atomic E-state index is 0.131. The highest BCUT2D eigenvalue weighted by Crippen LogP contribution is 1.93. The van der Waals surface area contributed by atoms with Crippen LogP contribution < -0.4 is 11.2 Å². The molecular weight excluding hydrogens is 132 g/mol. The van der Waals surface area contributed by atoms with Gasteiger partial charge in [0.15, 0.2) is 0 Å². The molecule has 4 heteroatoms. The highest BCUT2D eigenvalue weighted by Gasteiger charge is 2.02. The van der Waals surface area contributed by atoms with E-state index in [9.17, 15) is 4.79 Å². The van der Waals surface area contributed by atoms with Crippen molar-refractivity contribution >= 4 is 5.78 Å². The van der Waals surface area contributed by atoms with Crippen LogP contribution in [0.25, 0.3) is 0 Å². The molecule has 0 bridgehead atoms. The second-order valence-electron chi connectivity index (χ2n) is 2.36.